The van der Waals surface area contributed by atoms with Gasteiger partial charge in [0.1, 0.15) is 0 Å². The lowest BCUT2D eigenvalue weighted by atomic mass is 9.78. The molecule has 0 aromatic heterocycles. The molecule has 1 aliphatic heterocycles. The first-order chi connectivity index (χ1) is 8.20. The van der Waals surface area contributed by atoms with Gasteiger partial charge in [-0.3, -0.25) is 4.79 Å². The largest absolute Gasteiger partial charge is 0.326 e. The number of carbonyl (C=O) groups excluding carboxylic acids is 1. The molecule has 2 nitrogen and oxygen atoms in total. The quantitative estimate of drug-likeness (QED) is 0.806. The van der Waals surface area contributed by atoms with Gasteiger partial charge < -0.3 is 5.32 Å². The van der Waals surface area contributed by atoms with Gasteiger partial charge in [0.15, 0.2) is 0 Å². The molecule has 1 aliphatic carbocycles. The van der Waals surface area contributed by atoms with E-state index in [1.54, 1.807) is 0 Å². The van der Waals surface area contributed by atoms with Crippen LogP contribution in [-0.2, 0) is 4.79 Å². The monoisotopic (exact) mass is 249 g/mol. The molecule has 3 rings (SSSR count). The number of hydrogen-bond acceptors (Lipinski definition) is 1. The molecule has 0 spiro atoms. The molecule has 1 amide bonds. The highest BCUT2D eigenvalue weighted by molar-refractivity contribution is 6.30. The van der Waals surface area contributed by atoms with Crippen LogP contribution in [0.3, 0.4) is 0 Å². The van der Waals surface area contributed by atoms with E-state index in [-0.39, 0.29) is 11.8 Å². The molecule has 1 N–H and O–H groups in total. The zero-order chi connectivity index (χ0) is 12.0. The summed E-state index contributed by atoms with van der Waals surface area (Å²) in [4.78, 5) is 12.0. The van der Waals surface area contributed by atoms with E-state index in [1.807, 2.05) is 18.2 Å². The Labute approximate surface area is 106 Å². The number of hydrogen-bond donors (Lipinski definition) is 1. The Morgan fingerprint density at radius 1 is 1.41 bits per heavy atom. The summed E-state index contributed by atoms with van der Waals surface area (Å²) in [5.74, 6) is 1.36. The maximum atomic E-state index is 12.0. The van der Waals surface area contributed by atoms with E-state index in [2.05, 4.69) is 12.2 Å². The fraction of sp³-hybridized carbons (Fsp3) is 0.500. The Kier molecular flexibility index (Phi) is 2.62. The molecule has 3 atom stereocenters. The van der Waals surface area contributed by atoms with Gasteiger partial charge >= 0.3 is 0 Å². The summed E-state index contributed by atoms with van der Waals surface area (Å²) in [5, 5.41) is 3.77. The fourth-order valence-electron chi connectivity index (χ4n) is 3.45. The summed E-state index contributed by atoms with van der Waals surface area (Å²) in [6, 6.07) is 5.80. The molecule has 90 valence electrons. The van der Waals surface area contributed by atoms with E-state index >= 15 is 0 Å². The fourth-order valence-corrected chi connectivity index (χ4v) is 3.63. The number of carbonyl (C=O) groups is 1. The minimum atomic E-state index is 0.158. The second-order valence-corrected chi connectivity index (χ2v) is 5.54. The SMILES string of the molecule is CCC1CCC2C(=O)Nc3ccc(Cl)cc3C12. The van der Waals surface area contributed by atoms with Crippen molar-refractivity contribution in [2.24, 2.45) is 11.8 Å². The van der Waals surface area contributed by atoms with Crippen LogP contribution in [0.15, 0.2) is 18.2 Å². The van der Waals surface area contributed by atoms with Crippen LogP contribution in [-0.4, -0.2) is 5.91 Å². The third-order valence-electron chi connectivity index (χ3n) is 4.28. The average Bonchev–Trinajstić information content (AvgIpc) is 2.75. The van der Waals surface area contributed by atoms with Gasteiger partial charge in [-0.15, -0.1) is 0 Å². The third kappa shape index (κ3) is 1.66. The predicted octanol–water partition coefficient (Wildman–Crippen LogP) is 3.81. The van der Waals surface area contributed by atoms with Crippen LogP contribution in [0.2, 0.25) is 5.02 Å². The van der Waals surface area contributed by atoms with Crippen molar-refractivity contribution in [1.29, 1.82) is 0 Å². The molecule has 1 aromatic rings. The topological polar surface area (TPSA) is 29.1 Å². The maximum Gasteiger partial charge on any atom is 0.228 e. The van der Waals surface area contributed by atoms with Gasteiger partial charge in [-0.1, -0.05) is 24.9 Å². The number of nitrogens with one attached hydrogen (secondary N) is 1. The van der Waals surface area contributed by atoms with Gasteiger partial charge in [-0.05, 0) is 42.5 Å². The Hall–Kier alpha value is -1.02. The summed E-state index contributed by atoms with van der Waals surface area (Å²) in [7, 11) is 0. The van der Waals surface area contributed by atoms with E-state index in [4.69, 9.17) is 11.6 Å². The van der Waals surface area contributed by atoms with Crippen molar-refractivity contribution < 1.29 is 4.79 Å². The molecule has 3 unspecified atom stereocenters. The molecule has 17 heavy (non-hydrogen) atoms. The summed E-state index contributed by atoms with van der Waals surface area (Å²) in [6.45, 7) is 2.21. The van der Waals surface area contributed by atoms with Crippen LogP contribution in [0, 0.1) is 11.8 Å². The summed E-state index contributed by atoms with van der Waals surface area (Å²) < 4.78 is 0. The van der Waals surface area contributed by atoms with Crippen LogP contribution in [0.1, 0.15) is 37.7 Å². The minimum absolute atomic E-state index is 0.158. The van der Waals surface area contributed by atoms with Crippen molar-refractivity contribution in [2.75, 3.05) is 5.32 Å². The van der Waals surface area contributed by atoms with E-state index in [0.29, 0.717) is 11.8 Å². The first-order valence-electron chi connectivity index (χ1n) is 6.31. The molecule has 2 aliphatic rings. The van der Waals surface area contributed by atoms with Crippen molar-refractivity contribution in [1.82, 2.24) is 0 Å². The highest BCUT2D eigenvalue weighted by Gasteiger charge is 2.44. The molecule has 0 saturated heterocycles. The number of amides is 1. The van der Waals surface area contributed by atoms with Crippen molar-refractivity contribution >= 4 is 23.2 Å². The number of halogens is 1. The number of benzene rings is 1. The third-order valence-corrected chi connectivity index (χ3v) is 4.52. The lowest BCUT2D eigenvalue weighted by molar-refractivity contribution is -0.120. The van der Waals surface area contributed by atoms with E-state index < -0.39 is 0 Å². The van der Waals surface area contributed by atoms with Crippen LogP contribution in [0.5, 0.6) is 0 Å². The van der Waals surface area contributed by atoms with Crippen molar-refractivity contribution in [3.63, 3.8) is 0 Å². The summed E-state index contributed by atoms with van der Waals surface area (Å²) in [5.41, 5.74) is 2.20. The van der Waals surface area contributed by atoms with Crippen molar-refractivity contribution in [3.05, 3.63) is 28.8 Å². The molecule has 0 radical (unpaired) electrons. The van der Waals surface area contributed by atoms with Gasteiger partial charge in [0.2, 0.25) is 5.91 Å². The second kappa shape index (κ2) is 4.02. The van der Waals surface area contributed by atoms with Crippen LogP contribution in [0.25, 0.3) is 0 Å². The van der Waals surface area contributed by atoms with Crippen LogP contribution >= 0.6 is 11.6 Å². The van der Waals surface area contributed by atoms with Gasteiger partial charge in [-0.25, -0.2) is 0 Å². The molecule has 3 heteroatoms. The van der Waals surface area contributed by atoms with E-state index in [1.165, 1.54) is 5.56 Å². The first-order valence-corrected chi connectivity index (χ1v) is 6.68. The van der Waals surface area contributed by atoms with Crippen molar-refractivity contribution in [2.45, 2.75) is 32.1 Å². The molecule has 1 aromatic carbocycles. The number of anilines is 1. The zero-order valence-corrected chi connectivity index (χ0v) is 10.6. The van der Waals surface area contributed by atoms with Gasteiger partial charge in [0.25, 0.3) is 0 Å². The van der Waals surface area contributed by atoms with Crippen molar-refractivity contribution in [3.8, 4) is 0 Å². The van der Waals surface area contributed by atoms with E-state index in [9.17, 15) is 4.79 Å². The summed E-state index contributed by atoms with van der Waals surface area (Å²) >= 11 is 6.08. The van der Waals surface area contributed by atoms with E-state index in [0.717, 1.165) is 30.0 Å². The molecule has 1 heterocycles. The zero-order valence-electron chi connectivity index (χ0n) is 9.87. The minimum Gasteiger partial charge on any atom is -0.326 e. The van der Waals surface area contributed by atoms with Gasteiger partial charge in [0.05, 0.1) is 0 Å². The Morgan fingerprint density at radius 3 is 3.00 bits per heavy atom. The molecule has 0 bridgehead atoms. The van der Waals surface area contributed by atoms with Crippen LogP contribution < -0.4 is 5.32 Å². The summed E-state index contributed by atoms with van der Waals surface area (Å²) in [6.07, 6.45) is 3.31. The molecular formula is C14H16ClNO. The molecule has 1 fully saturated rings. The smallest absolute Gasteiger partial charge is 0.228 e. The standard InChI is InChI=1S/C14H16ClNO/c1-2-8-3-5-10-13(8)11-7-9(15)4-6-12(11)16-14(10)17/h4,6-8,10,13H,2-3,5H2,1H3,(H,16,17). The normalized spacial score (nSPS) is 30.7. The number of rotatable bonds is 1. The Bertz CT molecular complexity index is 471. The van der Waals surface area contributed by atoms with Crippen LogP contribution in [0.4, 0.5) is 5.69 Å². The Morgan fingerprint density at radius 2 is 2.24 bits per heavy atom. The van der Waals surface area contributed by atoms with Gasteiger partial charge in [0, 0.05) is 22.5 Å². The second-order valence-electron chi connectivity index (χ2n) is 5.10. The van der Waals surface area contributed by atoms with Gasteiger partial charge in [-0.2, -0.15) is 0 Å². The molecule has 1 saturated carbocycles. The average molecular weight is 250 g/mol. The highest BCUT2D eigenvalue weighted by Crippen LogP contribution is 2.50. The Balaban J connectivity index is 2.10. The lowest BCUT2D eigenvalue weighted by Crippen LogP contribution is -2.32. The lowest BCUT2D eigenvalue weighted by Gasteiger charge is -2.31. The first kappa shape index (κ1) is 11.1. The highest BCUT2D eigenvalue weighted by atomic mass is 35.5. The number of fused-ring (bicyclic) bond motifs is 3. The maximum absolute atomic E-state index is 12.0. The molecular weight excluding hydrogens is 234 g/mol. The predicted molar refractivity (Wildman–Crippen MR) is 69.3 cm³/mol.